The van der Waals surface area contributed by atoms with Crippen molar-refractivity contribution in [2.45, 2.75) is 25.1 Å². The van der Waals surface area contributed by atoms with E-state index in [1.165, 1.54) is 6.92 Å². The predicted octanol–water partition coefficient (Wildman–Crippen LogP) is 0.161. The van der Waals surface area contributed by atoms with Crippen LogP contribution in [0.2, 0.25) is 0 Å². The molecule has 0 radical (unpaired) electrons. The van der Waals surface area contributed by atoms with Crippen LogP contribution in [0.5, 0.6) is 0 Å². The van der Waals surface area contributed by atoms with Crippen molar-refractivity contribution in [3.63, 3.8) is 0 Å². The minimum atomic E-state index is -1.04. The summed E-state index contributed by atoms with van der Waals surface area (Å²) >= 11 is 0. The molecule has 2 unspecified atom stereocenters. The van der Waals surface area contributed by atoms with Crippen molar-refractivity contribution < 1.29 is 14.3 Å². The molecule has 1 heterocycles. The second kappa shape index (κ2) is 2.20. The molecule has 0 aliphatic carbocycles. The summed E-state index contributed by atoms with van der Waals surface area (Å²) in [6, 6.07) is 0. The predicted molar refractivity (Wildman–Crippen MR) is 33.6 cm³/mol. The Hall–Kier alpha value is -0.640. The molecule has 0 amide bonds. The fourth-order valence-electron chi connectivity index (χ4n) is 1.09. The summed E-state index contributed by atoms with van der Waals surface area (Å²) in [4.78, 5) is 10.4. The first kappa shape index (κ1) is 7.47. The number of alkyl halides is 1. The van der Waals surface area contributed by atoms with E-state index in [0.29, 0.717) is 0 Å². The largest absolute Gasteiger partial charge is 0.480 e. The van der Waals surface area contributed by atoms with Crippen molar-refractivity contribution in [2.24, 2.45) is 0 Å². The molecule has 0 spiro atoms. The summed E-state index contributed by atoms with van der Waals surface area (Å²) in [5, 5.41) is 11.2. The van der Waals surface area contributed by atoms with E-state index in [0.717, 1.165) is 0 Å². The van der Waals surface area contributed by atoms with Gasteiger partial charge in [-0.1, -0.05) is 0 Å². The van der Waals surface area contributed by atoms with Crippen LogP contribution in [0.15, 0.2) is 0 Å². The summed E-state index contributed by atoms with van der Waals surface area (Å²) < 4.78 is 12.5. The van der Waals surface area contributed by atoms with Crippen LogP contribution in [0.25, 0.3) is 0 Å². The number of nitrogens with one attached hydrogen (secondary N) is 1. The van der Waals surface area contributed by atoms with Crippen molar-refractivity contribution in [1.82, 2.24) is 5.32 Å². The van der Waals surface area contributed by atoms with Gasteiger partial charge in [-0.05, 0) is 6.92 Å². The molecular weight excluding hydrogens is 137 g/mol. The number of rotatable bonds is 1. The van der Waals surface area contributed by atoms with Gasteiger partial charge in [-0.15, -0.1) is 0 Å². The standard InChI is InChI=1S/C6H10FNO2/c1-6(5(9)10)2-4(7)3-8-6/h4,8H,2-3H2,1H3,(H,9,10). The highest BCUT2D eigenvalue weighted by atomic mass is 19.1. The summed E-state index contributed by atoms with van der Waals surface area (Å²) in [5.74, 6) is -0.979. The number of hydrogen-bond donors (Lipinski definition) is 2. The van der Waals surface area contributed by atoms with Gasteiger partial charge in [0, 0.05) is 13.0 Å². The smallest absolute Gasteiger partial charge is 0.323 e. The molecule has 2 N–H and O–H groups in total. The normalized spacial score (nSPS) is 40.0. The zero-order valence-corrected chi connectivity index (χ0v) is 5.72. The van der Waals surface area contributed by atoms with E-state index in [4.69, 9.17) is 5.11 Å². The number of carboxylic acid groups (broad SMARTS) is 1. The van der Waals surface area contributed by atoms with Gasteiger partial charge in [0.05, 0.1) is 0 Å². The van der Waals surface area contributed by atoms with Gasteiger partial charge in [0.2, 0.25) is 0 Å². The van der Waals surface area contributed by atoms with E-state index in [-0.39, 0.29) is 13.0 Å². The van der Waals surface area contributed by atoms with Crippen LogP contribution in [0.1, 0.15) is 13.3 Å². The Kier molecular flexibility index (Phi) is 1.64. The number of carboxylic acids is 1. The molecule has 4 heteroatoms. The summed E-state index contributed by atoms with van der Waals surface area (Å²) in [6.07, 6.45) is -0.941. The molecule has 1 aliphatic rings. The van der Waals surface area contributed by atoms with E-state index >= 15 is 0 Å². The molecule has 1 saturated heterocycles. The Labute approximate surface area is 58.2 Å². The van der Waals surface area contributed by atoms with Crippen molar-refractivity contribution >= 4 is 5.97 Å². The summed E-state index contributed by atoms with van der Waals surface area (Å²) in [5.41, 5.74) is -1.04. The van der Waals surface area contributed by atoms with Gasteiger partial charge in [0.25, 0.3) is 0 Å². The molecule has 0 saturated carbocycles. The van der Waals surface area contributed by atoms with Gasteiger partial charge in [0.1, 0.15) is 11.7 Å². The molecule has 0 bridgehead atoms. The van der Waals surface area contributed by atoms with E-state index in [2.05, 4.69) is 5.32 Å². The second-order valence-corrected chi connectivity index (χ2v) is 2.82. The van der Waals surface area contributed by atoms with Gasteiger partial charge in [-0.25, -0.2) is 4.39 Å². The molecular formula is C6H10FNO2. The quantitative estimate of drug-likeness (QED) is 0.555. The maximum absolute atomic E-state index is 12.5. The number of hydrogen-bond acceptors (Lipinski definition) is 2. The summed E-state index contributed by atoms with van der Waals surface area (Å²) in [7, 11) is 0. The Morgan fingerprint density at radius 3 is 2.70 bits per heavy atom. The number of halogens is 1. The van der Waals surface area contributed by atoms with E-state index in [1.807, 2.05) is 0 Å². The Bertz CT molecular complexity index is 162. The van der Waals surface area contributed by atoms with E-state index < -0.39 is 17.7 Å². The lowest BCUT2D eigenvalue weighted by Gasteiger charge is -2.16. The highest BCUT2D eigenvalue weighted by Gasteiger charge is 2.41. The zero-order chi connectivity index (χ0) is 7.78. The molecule has 58 valence electrons. The highest BCUT2D eigenvalue weighted by molar-refractivity contribution is 5.78. The maximum Gasteiger partial charge on any atom is 0.323 e. The van der Waals surface area contributed by atoms with E-state index in [9.17, 15) is 9.18 Å². The lowest BCUT2D eigenvalue weighted by Crippen LogP contribution is -2.44. The van der Waals surface area contributed by atoms with Crippen molar-refractivity contribution in [2.75, 3.05) is 6.54 Å². The van der Waals surface area contributed by atoms with Crippen molar-refractivity contribution in [3.8, 4) is 0 Å². The average Bonchev–Trinajstić information content (AvgIpc) is 2.13. The lowest BCUT2D eigenvalue weighted by atomic mass is 10.0. The maximum atomic E-state index is 12.5. The highest BCUT2D eigenvalue weighted by Crippen LogP contribution is 2.20. The second-order valence-electron chi connectivity index (χ2n) is 2.82. The molecule has 0 aromatic carbocycles. The van der Waals surface area contributed by atoms with Crippen LogP contribution in [-0.4, -0.2) is 29.3 Å². The summed E-state index contributed by atoms with van der Waals surface area (Å²) in [6.45, 7) is 1.65. The third-order valence-electron chi connectivity index (χ3n) is 1.82. The van der Waals surface area contributed by atoms with Crippen LogP contribution in [0.3, 0.4) is 0 Å². The van der Waals surface area contributed by atoms with Gasteiger partial charge in [-0.3, -0.25) is 10.1 Å². The first-order valence-corrected chi connectivity index (χ1v) is 3.17. The molecule has 0 aromatic heterocycles. The van der Waals surface area contributed by atoms with Crippen LogP contribution in [-0.2, 0) is 4.79 Å². The molecule has 3 nitrogen and oxygen atoms in total. The minimum absolute atomic E-state index is 0.0718. The van der Waals surface area contributed by atoms with Gasteiger partial charge in [-0.2, -0.15) is 0 Å². The fraction of sp³-hybridized carbons (Fsp3) is 0.833. The molecule has 0 aromatic rings. The van der Waals surface area contributed by atoms with Gasteiger partial charge < -0.3 is 5.11 Å². The third-order valence-corrected chi connectivity index (χ3v) is 1.82. The van der Waals surface area contributed by atoms with Crippen LogP contribution in [0.4, 0.5) is 4.39 Å². The third kappa shape index (κ3) is 1.11. The molecule has 10 heavy (non-hydrogen) atoms. The van der Waals surface area contributed by atoms with Crippen molar-refractivity contribution in [3.05, 3.63) is 0 Å². The SMILES string of the molecule is CC1(C(=O)O)CC(F)CN1. The molecule has 1 rings (SSSR count). The number of carbonyl (C=O) groups is 1. The van der Waals surface area contributed by atoms with Crippen LogP contribution in [0, 0.1) is 0 Å². The Balaban J connectivity index is 2.63. The molecule has 1 aliphatic heterocycles. The number of aliphatic carboxylic acids is 1. The van der Waals surface area contributed by atoms with E-state index in [1.54, 1.807) is 0 Å². The van der Waals surface area contributed by atoms with Crippen LogP contribution < -0.4 is 5.32 Å². The minimum Gasteiger partial charge on any atom is -0.480 e. The molecule has 1 fully saturated rings. The zero-order valence-electron chi connectivity index (χ0n) is 5.72. The topological polar surface area (TPSA) is 49.3 Å². The monoisotopic (exact) mass is 147 g/mol. The van der Waals surface area contributed by atoms with Gasteiger partial charge >= 0.3 is 5.97 Å². The van der Waals surface area contributed by atoms with Crippen molar-refractivity contribution in [1.29, 1.82) is 0 Å². The Morgan fingerprint density at radius 1 is 1.90 bits per heavy atom. The Morgan fingerprint density at radius 2 is 2.50 bits per heavy atom. The first-order valence-electron chi connectivity index (χ1n) is 3.17. The first-order chi connectivity index (χ1) is 4.54. The van der Waals surface area contributed by atoms with Crippen LogP contribution >= 0.6 is 0 Å². The molecule has 2 atom stereocenters. The van der Waals surface area contributed by atoms with Gasteiger partial charge in [0.15, 0.2) is 0 Å². The average molecular weight is 147 g/mol. The lowest BCUT2D eigenvalue weighted by molar-refractivity contribution is -0.143. The fourth-order valence-corrected chi connectivity index (χ4v) is 1.09.